The van der Waals surface area contributed by atoms with Crippen LogP contribution < -0.4 is 10.0 Å². The molecular formula is C15H15N3O6S. The van der Waals surface area contributed by atoms with E-state index in [0.29, 0.717) is 5.56 Å². The Morgan fingerprint density at radius 3 is 2.52 bits per heavy atom. The van der Waals surface area contributed by atoms with E-state index in [4.69, 9.17) is 0 Å². The van der Waals surface area contributed by atoms with Crippen molar-refractivity contribution in [2.45, 2.75) is 6.92 Å². The highest BCUT2D eigenvalue weighted by Gasteiger charge is 2.21. The van der Waals surface area contributed by atoms with Crippen molar-refractivity contribution in [2.75, 3.05) is 16.3 Å². The van der Waals surface area contributed by atoms with Gasteiger partial charge in [0.2, 0.25) is 15.8 Å². The van der Waals surface area contributed by atoms with Gasteiger partial charge in [-0.2, -0.15) is 0 Å². The lowest BCUT2D eigenvalue weighted by Crippen LogP contribution is -2.14. The van der Waals surface area contributed by atoms with Crippen molar-refractivity contribution >= 4 is 33.0 Å². The Kier molecular flexibility index (Phi) is 4.93. The number of benzene rings is 2. The molecule has 0 unspecified atom stereocenters. The molecule has 132 valence electrons. The fraction of sp³-hybridized carbons (Fsp3) is 0.133. The molecule has 0 spiro atoms. The lowest BCUT2D eigenvalue weighted by atomic mass is 10.1. The molecule has 0 saturated carbocycles. The number of aryl methyl sites for hydroxylation is 1. The maximum atomic E-state index is 12.3. The second-order valence-corrected chi connectivity index (χ2v) is 7.04. The molecule has 3 N–H and O–H groups in total. The number of sulfonamides is 1. The average Bonchev–Trinajstić information content (AvgIpc) is 2.49. The first-order chi connectivity index (χ1) is 11.6. The first-order valence-electron chi connectivity index (χ1n) is 6.94. The predicted molar refractivity (Wildman–Crippen MR) is 92.4 cm³/mol. The van der Waals surface area contributed by atoms with Gasteiger partial charge in [-0.3, -0.25) is 19.6 Å². The number of carbonyl (C=O) groups is 1. The van der Waals surface area contributed by atoms with E-state index in [1.165, 1.54) is 24.3 Å². The Morgan fingerprint density at radius 2 is 1.92 bits per heavy atom. The van der Waals surface area contributed by atoms with Gasteiger partial charge < -0.3 is 10.4 Å². The molecule has 0 aliphatic heterocycles. The Bertz CT molecular complexity index is 956. The number of carbonyl (C=O) groups excluding carboxylic acids is 1. The highest BCUT2D eigenvalue weighted by molar-refractivity contribution is 7.92. The standard InChI is InChI=1S/C15H15N3O6S/c1-9-6-7-10(8-12(9)17-25(2,23)24)16-15(20)11-4-3-5-13(14(11)19)18(21)22/h3-8,17,19H,1-2H3,(H,16,20). The number of amides is 1. The summed E-state index contributed by atoms with van der Waals surface area (Å²) in [7, 11) is -3.50. The topological polar surface area (TPSA) is 139 Å². The maximum absolute atomic E-state index is 12.3. The minimum absolute atomic E-state index is 0.257. The van der Waals surface area contributed by atoms with Crippen molar-refractivity contribution in [3.8, 4) is 5.75 Å². The Balaban J connectivity index is 2.31. The van der Waals surface area contributed by atoms with E-state index in [1.807, 2.05) is 0 Å². The third-order valence-corrected chi connectivity index (χ3v) is 3.84. The largest absolute Gasteiger partial charge is 0.502 e. The second kappa shape index (κ2) is 6.77. The zero-order valence-electron chi connectivity index (χ0n) is 13.3. The second-order valence-electron chi connectivity index (χ2n) is 5.29. The fourth-order valence-corrected chi connectivity index (χ4v) is 2.69. The van der Waals surface area contributed by atoms with Gasteiger partial charge in [-0.1, -0.05) is 12.1 Å². The Morgan fingerprint density at radius 1 is 1.24 bits per heavy atom. The Hall–Kier alpha value is -3.14. The van der Waals surface area contributed by atoms with Crippen LogP contribution in [0.1, 0.15) is 15.9 Å². The molecule has 25 heavy (non-hydrogen) atoms. The van der Waals surface area contributed by atoms with Gasteiger partial charge >= 0.3 is 5.69 Å². The molecule has 2 aromatic rings. The molecule has 0 fully saturated rings. The number of anilines is 2. The van der Waals surface area contributed by atoms with Crippen LogP contribution in [0.4, 0.5) is 17.1 Å². The van der Waals surface area contributed by atoms with Crippen LogP contribution in [-0.2, 0) is 10.0 Å². The minimum atomic E-state index is -3.50. The van der Waals surface area contributed by atoms with Crippen molar-refractivity contribution in [1.29, 1.82) is 0 Å². The van der Waals surface area contributed by atoms with Crippen LogP contribution in [0.3, 0.4) is 0 Å². The maximum Gasteiger partial charge on any atom is 0.311 e. The quantitative estimate of drug-likeness (QED) is 0.548. The molecule has 0 atom stereocenters. The molecule has 10 heteroatoms. The molecule has 0 aliphatic rings. The summed E-state index contributed by atoms with van der Waals surface area (Å²) in [6, 6.07) is 8.13. The normalized spacial score (nSPS) is 11.0. The van der Waals surface area contributed by atoms with E-state index in [9.17, 15) is 28.4 Å². The predicted octanol–water partition coefficient (Wildman–Crippen LogP) is 2.23. The van der Waals surface area contributed by atoms with Gasteiger partial charge in [0.15, 0.2) is 0 Å². The van der Waals surface area contributed by atoms with Crippen LogP contribution >= 0.6 is 0 Å². The summed E-state index contributed by atoms with van der Waals surface area (Å²) < 4.78 is 25.0. The molecule has 0 bridgehead atoms. The van der Waals surface area contributed by atoms with E-state index >= 15 is 0 Å². The Labute approximate surface area is 143 Å². The summed E-state index contributed by atoms with van der Waals surface area (Å²) >= 11 is 0. The van der Waals surface area contributed by atoms with Gasteiger partial charge in [-0.15, -0.1) is 0 Å². The van der Waals surface area contributed by atoms with Crippen LogP contribution in [0, 0.1) is 17.0 Å². The van der Waals surface area contributed by atoms with Crippen LogP contribution in [0.25, 0.3) is 0 Å². The lowest BCUT2D eigenvalue weighted by molar-refractivity contribution is -0.385. The summed E-state index contributed by atoms with van der Waals surface area (Å²) in [5, 5.41) is 23.1. The molecule has 0 radical (unpaired) electrons. The van der Waals surface area contributed by atoms with Crippen LogP contribution in [0.15, 0.2) is 36.4 Å². The first-order valence-corrected chi connectivity index (χ1v) is 8.84. The van der Waals surface area contributed by atoms with Gasteiger partial charge in [0.25, 0.3) is 5.91 Å². The van der Waals surface area contributed by atoms with Gasteiger partial charge in [-0.05, 0) is 30.7 Å². The van der Waals surface area contributed by atoms with E-state index in [2.05, 4.69) is 10.0 Å². The van der Waals surface area contributed by atoms with E-state index in [1.54, 1.807) is 13.0 Å². The zero-order chi connectivity index (χ0) is 18.8. The summed E-state index contributed by atoms with van der Waals surface area (Å²) in [5.41, 5.74) is 0.321. The van der Waals surface area contributed by atoms with E-state index < -0.39 is 32.3 Å². The van der Waals surface area contributed by atoms with Crippen molar-refractivity contribution in [1.82, 2.24) is 0 Å². The number of para-hydroxylation sites is 1. The number of nitro groups is 1. The highest BCUT2D eigenvalue weighted by Crippen LogP contribution is 2.30. The number of hydrogen-bond donors (Lipinski definition) is 3. The number of rotatable bonds is 5. The highest BCUT2D eigenvalue weighted by atomic mass is 32.2. The molecule has 0 heterocycles. The van der Waals surface area contributed by atoms with Crippen LogP contribution in [0.5, 0.6) is 5.75 Å². The number of phenolic OH excluding ortho intramolecular Hbond substituents is 1. The number of nitrogens with zero attached hydrogens (tertiary/aromatic N) is 1. The van der Waals surface area contributed by atoms with Gasteiger partial charge in [0, 0.05) is 11.8 Å². The number of nitrogens with one attached hydrogen (secondary N) is 2. The molecule has 2 rings (SSSR count). The molecule has 0 aliphatic carbocycles. The third-order valence-electron chi connectivity index (χ3n) is 3.25. The van der Waals surface area contributed by atoms with Crippen LogP contribution in [-0.4, -0.2) is 30.6 Å². The number of phenols is 1. The molecular weight excluding hydrogens is 350 g/mol. The van der Waals surface area contributed by atoms with Gasteiger partial charge in [0.1, 0.15) is 0 Å². The molecule has 9 nitrogen and oxygen atoms in total. The summed E-state index contributed by atoms with van der Waals surface area (Å²) in [4.78, 5) is 22.3. The first kappa shape index (κ1) is 18.2. The van der Waals surface area contributed by atoms with E-state index in [0.717, 1.165) is 12.3 Å². The van der Waals surface area contributed by atoms with Crippen LogP contribution in [0.2, 0.25) is 0 Å². The van der Waals surface area contributed by atoms with E-state index in [-0.39, 0.29) is 16.9 Å². The lowest BCUT2D eigenvalue weighted by Gasteiger charge is -2.11. The van der Waals surface area contributed by atoms with Gasteiger partial charge in [-0.25, -0.2) is 8.42 Å². The molecule has 0 aromatic heterocycles. The van der Waals surface area contributed by atoms with Crippen molar-refractivity contribution in [3.05, 3.63) is 57.6 Å². The van der Waals surface area contributed by atoms with Crippen molar-refractivity contribution in [2.24, 2.45) is 0 Å². The average molecular weight is 365 g/mol. The van der Waals surface area contributed by atoms with Crippen molar-refractivity contribution < 1.29 is 23.2 Å². The smallest absolute Gasteiger partial charge is 0.311 e. The number of aromatic hydroxyl groups is 1. The van der Waals surface area contributed by atoms with Gasteiger partial charge in [0.05, 0.1) is 22.4 Å². The molecule has 2 aromatic carbocycles. The molecule has 1 amide bonds. The van der Waals surface area contributed by atoms with Crippen molar-refractivity contribution in [3.63, 3.8) is 0 Å². The summed E-state index contributed by atoms with van der Waals surface area (Å²) in [5.74, 6) is -1.51. The third kappa shape index (κ3) is 4.44. The molecule has 0 saturated heterocycles. The number of nitro benzene ring substituents is 1. The monoisotopic (exact) mass is 365 g/mol. The minimum Gasteiger partial charge on any atom is -0.502 e. The number of hydrogen-bond acceptors (Lipinski definition) is 6. The summed E-state index contributed by atoms with van der Waals surface area (Å²) in [6.45, 7) is 1.69. The summed E-state index contributed by atoms with van der Waals surface area (Å²) in [6.07, 6.45) is 0.999. The zero-order valence-corrected chi connectivity index (χ0v) is 14.1. The SMILES string of the molecule is Cc1ccc(NC(=O)c2cccc([N+](=O)[O-])c2O)cc1NS(C)(=O)=O. The fourth-order valence-electron chi connectivity index (χ4n) is 2.07.